The highest BCUT2D eigenvalue weighted by Gasteiger charge is 2.27. The van der Waals surface area contributed by atoms with Crippen molar-refractivity contribution in [2.75, 3.05) is 0 Å². The molecule has 0 aromatic heterocycles. The minimum atomic E-state index is -2.53. The highest BCUT2D eigenvalue weighted by atomic mass is 28.3. The standard InChI is InChI=1S/C5H12N4O2Si/c1-3-12(2,8-4(6)10)9-5(7)11/h3H,1H2,2H3,(H3,6,8,10)(H3,7,9,11). The highest BCUT2D eigenvalue weighted by molar-refractivity contribution is 6.82. The summed E-state index contributed by atoms with van der Waals surface area (Å²) < 4.78 is 0. The van der Waals surface area contributed by atoms with Crippen LogP contribution in [0.15, 0.2) is 12.3 Å². The van der Waals surface area contributed by atoms with Crippen LogP contribution in [0.5, 0.6) is 0 Å². The number of primary amides is 2. The van der Waals surface area contributed by atoms with Gasteiger partial charge in [0.25, 0.3) is 8.40 Å². The van der Waals surface area contributed by atoms with Crippen LogP contribution in [-0.2, 0) is 0 Å². The molecule has 6 N–H and O–H groups in total. The van der Waals surface area contributed by atoms with Crippen LogP contribution < -0.4 is 21.4 Å². The third kappa shape index (κ3) is 3.61. The predicted molar refractivity (Wildman–Crippen MR) is 47.3 cm³/mol. The summed E-state index contributed by atoms with van der Waals surface area (Å²) >= 11 is 0. The molecule has 0 aliphatic rings. The molecule has 0 radical (unpaired) electrons. The summed E-state index contributed by atoms with van der Waals surface area (Å²) in [6.07, 6.45) is 0. The lowest BCUT2D eigenvalue weighted by molar-refractivity contribution is 0.251. The molecule has 68 valence electrons. The van der Waals surface area contributed by atoms with E-state index in [-0.39, 0.29) is 0 Å². The zero-order valence-electron chi connectivity index (χ0n) is 6.76. The summed E-state index contributed by atoms with van der Waals surface area (Å²) in [5.74, 6) is 0. The normalized spacial score (nSPS) is 10.1. The highest BCUT2D eigenvalue weighted by Crippen LogP contribution is 1.92. The molecule has 0 saturated heterocycles. The Kier molecular flexibility index (Phi) is 3.29. The van der Waals surface area contributed by atoms with Gasteiger partial charge in [-0.15, -0.1) is 6.58 Å². The molecule has 0 heterocycles. The molecule has 0 aromatic rings. The van der Waals surface area contributed by atoms with Crippen LogP contribution in [0.4, 0.5) is 9.59 Å². The van der Waals surface area contributed by atoms with Gasteiger partial charge in [0.1, 0.15) is 0 Å². The molecule has 4 amide bonds. The Bertz CT molecular complexity index is 201. The molecule has 0 atom stereocenters. The average molecular weight is 188 g/mol. The first kappa shape index (κ1) is 10.5. The molecule has 0 bridgehead atoms. The van der Waals surface area contributed by atoms with Gasteiger partial charge in [0.2, 0.25) is 0 Å². The first-order valence-electron chi connectivity index (χ1n) is 3.18. The minimum Gasteiger partial charge on any atom is -0.352 e. The predicted octanol–water partition coefficient (Wildman–Crippen LogP) is -0.880. The Labute approximate surface area is 71.2 Å². The number of carbonyl (C=O) groups is 2. The van der Waals surface area contributed by atoms with E-state index in [1.54, 1.807) is 6.55 Å². The van der Waals surface area contributed by atoms with E-state index in [2.05, 4.69) is 16.5 Å². The number of carbonyl (C=O) groups excluding carboxylic acids is 2. The van der Waals surface area contributed by atoms with Gasteiger partial charge in [-0.25, -0.2) is 9.59 Å². The van der Waals surface area contributed by atoms with Crippen LogP contribution >= 0.6 is 0 Å². The molecule has 0 aliphatic heterocycles. The monoisotopic (exact) mass is 188 g/mol. The number of hydrogen-bond acceptors (Lipinski definition) is 2. The lowest BCUT2D eigenvalue weighted by atomic mass is 11.2. The van der Waals surface area contributed by atoms with E-state index in [9.17, 15) is 9.59 Å². The van der Waals surface area contributed by atoms with Crippen molar-refractivity contribution in [1.82, 2.24) is 9.96 Å². The van der Waals surface area contributed by atoms with Gasteiger partial charge in [0.15, 0.2) is 0 Å². The van der Waals surface area contributed by atoms with Gasteiger partial charge >= 0.3 is 12.1 Å². The van der Waals surface area contributed by atoms with Crippen molar-refractivity contribution in [3.05, 3.63) is 12.3 Å². The third-order valence-corrected chi connectivity index (χ3v) is 3.52. The van der Waals surface area contributed by atoms with Crippen molar-refractivity contribution in [3.63, 3.8) is 0 Å². The molecule has 7 heteroatoms. The second kappa shape index (κ2) is 3.76. The van der Waals surface area contributed by atoms with Gasteiger partial charge in [-0.2, -0.15) is 0 Å². The van der Waals surface area contributed by atoms with Crippen LogP contribution in [0.1, 0.15) is 0 Å². The van der Waals surface area contributed by atoms with E-state index in [1.165, 1.54) is 5.70 Å². The van der Waals surface area contributed by atoms with Gasteiger partial charge in [-0.1, -0.05) is 5.70 Å². The van der Waals surface area contributed by atoms with Crippen LogP contribution in [0.3, 0.4) is 0 Å². The molecule has 0 spiro atoms. The Morgan fingerprint density at radius 1 is 1.33 bits per heavy atom. The SMILES string of the molecule is C=C[Si](C)(NC(N)=O)NC(N)=O. The van der Waals surface area contributed by atoms with Gasteiger partial charge in [0, 0.05) is 0 Å². The maximum Gasteiger partial charge on any atom is 0.305 e. The summed E-state index contributed by atoms with van der Waals surface area (Å²) in [6, 6.07) is -1.42. The molecular formula is C5H12N4O2Si. The molecule has 0 aliphatic carbocycles. The first-order valence-corrected chi connectivity index (χ1v) is 5.76. The zero-order chi connectivity index (χ0) is 9.78. The number of nitrogens with one attached hydrogen (secondary N) is 2. The number of urea groups is 2. The molecular weight excluding hydrogens is 176 g/mol. The molecule has 0 rings (SSSR count). The van der Waals surface area contributed by atoms with E-state index in [4.69, 9.17) is 11.5 Å². The molecule has 12 heavy (non-hydrogen) atoms. The quantitative estimate of drug-likeness (QED) is 0.431. The Morgan fingerprint density at radius 3 is 1.83 bits per heavy atom. The van der Waals surface area contributed by atoms with E-state index in [0.717, 1.165) is 0 Å². The van der Waals surface area contributed by atoms with Crippen LogP contribution in [0.2, 0.25) is 6.55 Å². The van der Waals surface area contributed by atoms with Crippen molar-refractivity contribution in [3.8, 4) is 0 Å². The Morgan fingerprint density at radius 2 is 1.67 bits per heavy atom. The van der Waals surface area contributed by atoms with E-state index in [0.29, 0.717) is 0 Å². The van der Waals surface area contributed by atoms with Crippen LogP contribution in [0.25, 0.3) is 0 Å². The minimum absolute atomic E-state index is 0.710. The van der Waals surface area contributed by atoms with Crippen molar-refractivity contribution in [2.45, 2.75) is 6.55 Å². The molecule has 0 fully saturated rings. The molecule has 0 unspecified atom stereocenters. The molecule has 0 saturated carbocycles. The largest absolute Gasteiger partial charge is 0.352 e. The van der Waals surface area contributed by atoms with Gasteiger partial charge < -0.3 is 21.4 Å². The lowest BCUT2D eigenvalue weighted by Crippen LogP contribution is -2.64. The third-order valence-electron chi connectivity index (χ3n) is 1.17. The number of hydrogen-bond donors (Lipinski definition) is 4. The van der Waals surface area contributed by atoms with Gasteiger partial charge in [-0.3, -0.25) is 0 Å². The summed E-state index contributed by atoms with van der Waals surface area (Å²) in [6.45, 7) is 5.09. The second-order valence-corrected chi connectivity index (χ2v) is 5.70. The number of nitrogens with two attached hydrogens (primary N) is 2. The second-order valence-electron chi connectivity index (χ2n) is 2.38. The topological polar surface area (TPSA) is 110 Å². The van der Waals surface area contributed by atoms with Crippen molar-refractivity contribution in [1.29, 1.82) is 0 Å². The lowest BCUT2D eigenvalue weighted by Gasteiger charge is -2.22. The number of amides is 4. The van der Waals surface area contributed by atoms with Crippen molar-refractivity contribution >= 4 is 20.5 Å². The average Bonchev–Trinajstić information content (AvgIpc) is 1.83. The van der Waals surface area contributed by atoms with Crippen molar-refractivity contribution in [2.24, 2.45) is 11.5 Å². The Hall–Kier alpha value is -1.50. The van der Waals surface area contributed by atoms with Crippen LogP contribution in [0, 0.1) is 0 Å². The fraction of sp³-hybridized carbons (Fsp3) is 0.200. The van der Waals surface area contributed by atoms with E-state index in [1.807, 2.05) is 0 Å². The first-order chi connectivity index (χ1) is 5.39. The fourth-order valence-corrected chi connectivity index (χ4v) is 1.94. The van der Waals surface area contributed by atoms with E-state index < -0.39 is 20.5 Å². The summed E-state index contributed by atoms with van der Waals surface area (Å²) in [4.78, 5) is 25.7. The maximum atomic E-state index is 10.5. The maximum absolute atomic E-state index is 10.5. The molecule has 0 aromatic carbocycles. The summed E-state index contributed by atoms with van der Waals surface area (Å²) in [5, 5.41) is 0. The zero-order valence-corrected chi connectivity index (χ0v) is 7.76. The summed E-state index contributed by atoms with van der Waals surface area (Å²) in [7, 11) is -2.53. The fourth-order valence-electron chi connectivity index (χ4n) is 0.645. The van der Waals surface area contributed by atoms with Gasteiger partial charge in [-0.05, 0) is 6.55 Å². The number of rotatable bonds is 3. The van der Waals surface area contributed by atoms with Crippen molar-refractivity contribution < 1.29 is 9.59 Å². The van der Waals surface area contributed by atoms with Crippen LogP contribution in [-0.4, -0.2) is 20.5 Å². The van der Waals surface area contributed by atoms with E-state index >= 15 is 0 Å². The molecule has 6 nitrogen and oxygen atoms in total. The van der Waals surface area contributed by atoms with Gasteiger partial charge in [0.05, 0.1) is 0 Å². The Balaban J connectivity index is 4.33. The summed E-state index contributed by atoms with van der Waals surface area (Å²) in [5.41, 5.74) is 11.2. The smallest absolute Gasteiger partial charge is 0.305 e.